The molecule has 0 saturated carbocycles. The number of nitrogens with one attached hydrogen (secondary N) is 2. The fraction of sp³-hybridized carbons (Fsp3) is 0.400. The van der Waals surface area contributed by atoms with Gasteiger partial charge in [-0.3, -0.25) is 4.99 Å². The van der Waals surface area contributed by atoms with Crippen LogP contribution in [0.1, 0.15) is 37.3 Å². The van der Waals surface area contributed by atoms with Gasteiger partial charge in [0.1, 0.15) is 6.61 Å². The Kier molecular flexibility index (Phi) is 8.32. The second-order valence-electron chi connectivity index (χ2n) is 5.84. The smallest absolute Gasteiger partial charge is 0.213 e. The molecule has 0 aliphatic carbocycles. The lowest BCUT2D eigenvalue weighted by Crippen LogP contribution is -2.37. The minimum Gasteiger partial charge on any atom is -0.473 e. The van der Waals surface area contributed by atoms with E-state index in [2.05, 4.69) is 27.5 Å². The molecular weight excluding hydrogens is 312 g/mol. The first-order chi connectivity index (χ1) is 12.3. The fourth-order valence-electron chi connectivity index (χ4n) is 2.36. The summed E-state index contributed by atoms with van der Waals surface area (Å²) < 4.78 is 5.77. The average Bonchev–Trinajstić information content (AvgIpc) is 2.67. The molecule has 2 aromatic rings. The summed E-state index contributed by atoms with van der Waals surface area (Å²) in [6.07, 6.45) is 5.38. The van der Waals surface area contributed by atoms with Crippen LogP contribution in [0.3, 0.4) is 0 Å². The van der Waals surface area contributed by atoms with Gasteiger partial charge in [0.25, 0.3) is 0 Å². The first kappa shape index (κ1) is 18.8. The summed E-state index contributed by atoms with van der Waals surface area (Å²) in [6.45, 7) is 4.34. The van der Waals surface area contributed by atoms with E-state index in [1.807, 2.05) is 42.5 Å². The maximum absolute atomic E-state index is 5.77. The highest BCUT2D eigenvalue weighted by Crippen LogP contribution is 2.11. The Labute approximate surface area is 150 Å². The lowest BCUT2D eigenvalue weighted by Gasteiger charge is -2.12. The number of aliphatic imine (C=N–C) groups is 1. The number of hydrogen-bond acceptors (Lipinski definition) is 3. The van der Waals surface area contributed by atoms with Gasteiger partial charge < -0.3 is 15.4 Å². The zero-order valence-corrected chi connectivity index (χ0v) is 15.2. The number of pyridine rings is 1. The van der Waals surface area contributed by atoms with Crippen LogP contribution in [0.4, 0.5) is 0 Å². The molecule has 25 heavy (non-hydrogen) atoms. The molecule has 1 aromatic carbocycles. The van der Waals surface area contributed by atoms with Crippen LogP contribution in [0, 0.1) is 0 Å². The first-order valence-electron chi connectivity index (χ1n) is 8.88. The van der Waals surface area contributed by atoms with E-state index < -0.39 is 0 Å². The molecule has 5 nitrogen and oxygen atoms in total. The summed E-state index contributed by atoms with van der Waals surface area (Å²) in [6, 6.07) is 14.0. The summed E-state index contributed by atoms with van der Waals surface area (Å²) in [5, 5.41) is 6.65. The molecule has 2 N–H and O–H groups in total. The zero-order chi connectivity index (χ0) is 17.7. The first-order valence-corrected chi connectivity index (χ1v) is 8.88. The second kappa shape index (κ2) is 11.1. The number of unbranched alkanes of at least 4 members (excludes halogenated alkanes) is 2. The van der Waals surface area contributed by atoms with Crippen LogP contribution >= 0.6 is 0 Å². The average molecular weight is 340 g/mol. The monoisotopic (exact) mass is 340 g/mol. The maximum atomic E-state index is 5.77. The highest BCUT2D eigenvalue weighted by molar-refractivity contribution is 5.79. The second-order valence-corrected chi connectivity index (χ2v) is 5.84. The summed E-state index contributed by atoms with van der Waals surface area (Å²) in [4.78, 5) is 8.52. The molecule has 0 saturated heterocycles. The number of ether oxygens (including phenoxy) is 1. The SMILES string of the molecule is CCCCCNC(=NC)NCc1ccnc(OCc2ccccc2)c1. The molecule has 0 aliphatic heterocycles. The number of guanidine groups is 1. The van der Waals surface area contributed by atoms with E-state index in [9.17, 15) is 0 Å². The van der Waals surface area contributed by atoms with E-state index in [0.29, 0.717) is 19.0 Å². The summed E-state index contributed by atoms with van der Waals surface area (Å²) in [7, 11) is 1.79. The van der Waals surface area contributed by atoms with E-state index in [-0.39, 0.29) is 0 Å². The minimum absolute atomic E-state index is 0.519. The molecule has 0 fully saturated rings. The highest BCUT2D eigenvalue weighted by atomic mass is 16.5. The van der Waals surface area contributed by atoms with Gasteiger partial charge in [0.05, 0.1) is 0 Å². The van der Waals surface area contributed by atoms with Crippen molar-refractivity contribution in [3.8, 4) is 5.88 Å². The third kappa shape index (κ3) is 7.25. The molecule has 134 valence electrons. The molecule has 0 unspecified atom stereocenters. The molecule has 0 amide bonds. The van der Waals surface area contributed by atoms with Crippen LogP contribution in [0.5, 0.6) is 5.88 Å². The molecule has 0 radical (unpaired) electrons. The molecule has 0 atom stereocenters. The van der Waals surface area contributed by atoms with Crippen molar-refractivity contribution in [1.82, 2.24) is 15.6 Å². The van der Waals surface area contributed by atoms with Crippen LogP contribution in [0.15, 0.2) is 53.7 Å². The van der Waals surface area contributed by atoms with Crippen molar-refractivity contribution in [2.24, 2.45) is 4.99 Å². The predicted octanol–water partition coefficient (Wildman–Crippen LogP) is 3.52. The third-order valence-electron chi connectivity index (χ3n) is 3.79. The number of hydrogen-bond donors (Lipinski definition) is 2. The van der Waals surface area contributed by atoms with Crippen molar-refractivity contribution >= 4 is 5.96 Å². The summed E-state index contributed by atoms with van der Waals surface area (Å²) >= 11 is 0. The van der Waals surface area contributed by atoms with Crippen LogP contribution in [0.2, 0.25) is 0 Å². The Morgan fingerprint density at radius 1 is 1.08 bits per heavy atom. The van der Waals surface area contributed by atoms with Gasteiger partial charge in [-0.15, -0.1) is 0 Å². The molecule has 2 rings (SSSR count). The van der Waals surface area contributed by atoms with Crippen molar-refractivity contribution in [2.75, 3.05) is 13.6 Å². The normalized spacial score (nSPS) is 11.2. The van der Waals surface area contributed by atoms with Gasteiger partial charge >= 0.3 is 0 Å². The van der Waals surface area contributed by atoms with E-state index in [0.717, 1.165) is 30.1 Å². The lowest BCUT2D eigenvalue weighted by atomic mass is 10.2. The van der Waals surface area contributed by atoms with Gasteiger partial charge in [0.2, 0.25) is 5.88 Å². The number of aromatic nitrogens is 1. The van der Waals surface area contributed by atoms with Crippen molar-refractivity contribution < 1.29 is 4.74 Å². The van der Waals surface area contributed by atoms with Crippen molar-refractivity contribution in [3.05, 3.63) is 59.8 Å². The highest BCUT2D eigenvalue weighted by Gasteiger charge is 2.02. The van der Waals surface area contributed by atoms with E-state index in [4.69, 9.17) is 4.74 Å². The van der Waals surface area contributed by atoms with Gasteiger partial charge in [-0.2, -0.15) is 0 Å². The Bertz CT molecular complexity index is 643. The van der Waals surface area contributed by atoms with Crippen LogP contribution in [-0.4, -0.2) is 24.5 Å². The Hall–Kier alpha value is -2.56. The van der Waals surface area contributed by atoms with Gasteiger partial charge in [-0.25, -0.2) is 4.98 Å². The maximum Gasteiger partial charge on any atom is 0.213 e. The van der Waals surface area contributed by atoms with E-state index >= 15 is 0 Å². The Morgan fingerprint density at radius 3 is 2.68 bits per heavy atom. The van der Waals surface area contributed by atoms with Gasteiger partial charge in [0.15, 0.2) is 5.96 Å². The number of benzene rings is 1. The van der Waals surface area contributed by atoms with Gasteiger partial charge in [-0.05, 0) is 23.6 Å². The fourth-order valence-corrected chi connectivity index (χ4v) is 2.36. The van der Waals surface area contributed by atoms with Crippen molar-refractivity contribution in [2.45, 2.75) is 39.3 Å². The van der Waals surface area contributed by atoms with E-state index in [1.165, 1.54) is 12.8 Å². The number of nitrogens with zero attached hydrogens (tertiary/aromatic N) is 2. The quantitative estimate of drug-likeness (QED) is 0.417. The minimum atomic E-state index is 0.519. The van der Waals surface area contributed by atoms with Gasteiger partial charge in [0, 0.05) is 32.4 Å². The summed E-state index contributed by atoms with van der Waals surface area (Å²) in [5.74, 6) is 1.45. The topological polar surface area (TPSA) is 58.5 Å². The summed E-state index contributed by atoms with van der Waals surface area (Å²) in [5.41, 5.74) is 2.24. The molecule has 1 heterocycles. The molecule has 0 aliphatic rings. The van der Waals surface area contributed by atoms with Crippen LogP contribution < -0.4 is 15.4 Å². The third-order valence-corrected chi connectivity index (χ3v) is 3.79. The van der Waals surface area contributed by atoms with E-state index in [1.54, 1.807) is 13.2 Å². The van der Waals surface area contributed by atoms with Crippen molar-refractivity contribution in [1.29, 1.82) is 0 Å². The van der Waals surface area contributed by atoms with Crippen LogP contribution in [-0.2, 0) is 13.2 Å². The number of rotatable bonds is 9. The van der Waals surface area contributed by atoms with Crippen molar-refractivity contribution in [3.63, 3.8) is 0 Å². The zero-order valence-electron chi connectivity index (χ0n) is 15.2. The lowest BCUT2D eigenvalue weighted by molar-refractivity contribution is 0.293. The molecule has 0 spiro atoms. The molecule has 1 aromatic heterocycles. The van der Waals surface area contributed by atoms with Gasteiger partial charge in [-0.1, -0.05) is 50.1 Å². The molecule has 5 heteroatoms. The molecular formula is C20H28N4O. The predicted molar refractivity (Wildman–Crippen MR) is 103 cm³/mol. The largest absolute Gasteiger partial charge is 0.473 e. The Morgan fingerprint density at radius 2 is 1.92 bits per heavy atom. The Balaban J connectivity index is 1.80. The van der Waals surface area contributed by atoms with Crippen LogP contribution in [0.25, 0.3) is 0 Å². The standard InChI is InChI=1S/C20H28N4O/c1-3-4-8-12-23-20(21-2)24-15-18-11-13-22-19(14-18)25-16-17-9-6-5-7-10-17/h5-7,9-11,13-14H,3-4,8,12,15-16H2,1-2H3,(H2,21,23,24). The molecule has 0 bridgehead atoms.